The van der Waals surface area contributed by atoms with Crippen molar-refractivity contribution < 1.29 is 0 Å². The van der Waals surface area contributed by atoms with Crippen LogP contribution >= 0.6 is 11.6 Å². The molecule has 19 heavy (non-hydrogen) atoms. The van der Waals surface area contributed by atoms with Gasteiger partial charge in [0.25, 0.3) is 0 Å². The second kappa shape index (κ2) is 7.07. The van der Waals surface area contributed by atoms with Crippen molar-refractivity contribution in [3.63, 3.8) is 0 Å². The highest BCUT2D eigenvalue weighted by Crippen LogP contribution is 2.23. The van der Waals surface area contributed by atoms with Crippen molar-refractivity contribution in [1.29, 1.82) is 0 Å². The van der Waals surface area contributed by atoms with E-state index in [4.69, 9.17) is 17.3 Å². The first-order valence-electron chi connectivity index (χ1n) is 6.25. The average molecular weight is 277 g/mol. The fourth-order valence-corrected chi connectivity index (χ4v) is 2.11. The zero-order valence-electron chi connectivity index (χ0n) is 10.7. The molecule has 0 aliphatic rings. The van der Waals surface area contributed by atoms with Crippen LogP contribution in [0.4, 0.5) is 5.82 Å². The molecule has 0 amide bonds. The summed E-state index contributed by atoms with van der Waals surface area (Å²) in [6.07, 6.45) is 4.03. The molecule has 0 radical (unpaired) electrons. The predicted octanol–water partition coefficient (Wildman–Crippen LogP) is 2.49. The van der Waals surface area contributed by atoms with Crippen molar-refractivity contribution in [3.05, 3.63) is 53.4 Å². The minimum atomic E-state index is 0.565. The summed E-state index contributed by atoms with van der Waals surface area (Å²) in [6.45, 7) is 2.23. The van der Waals surface area contributed by atoms with E-state index < -0.39 is 0 Å². The van der Waals surface area contributed by atoms with Crippen LogP contribution in [0, 0.1) is 0 Å². The summed E-state index contributed by atoms with van der Waals surface area (Å²) < 4.78 is 0. The van der Waals surface area contributed by atoms with E-state index in [-0.39, 0.29) is 0 Å². The summed E-state index contributed by atoms with van der Waals surface area (Å²) in [6, 6.07) is 10.2. The third-order valence-corrected chi connectivity index (χ3v) is 3.06. The van der Waals surface area contributed by atoms with E-state index in [1.807, 2.05) is 18.2 Å². The predicted molar refractivity (Wildman–Crippen MR) is 78.2 cm³/mol. The lowest BCUT2D eigenvalue weighted by Crippen LogP contribution is -2.26. The van der Waals surface area contributed by atoms with Gasteiger partial charge in [0, 0.05) is 13.1 Å². The highest BCUT2D eigenvalue weighted by molar-refractivity contribution is 6.32. The smallest absolute Gasteiger partial charge is 0.151 e. The van der Waals surface area contributed by atoms with E-state index in [1.165, 1.54) is 11.9 Å². The topological polar surface area (TPSA) is 55.0 Å². The van der Waals surface area contributed by atoms with Gasteiger partial charge in [0.1, 0.15) is 11.3 Å². The number of anilines is 1. The normalized spacial score (nSPS) is 10.4. The van der Waals surface area contributed by atoms with Gasteiger partial charge in [-0.3, -0.25) is 0 Å². The van der Waals surface area contributed by atoms with Gasteiger partial charge in [0.2, 0.25) is 0 Å². The molecule has 0 spiro atoms. The summed E-state index contributed by atoms with van der Waals surface area (Å²) in [5, 5.41) is 0.565. The number of nitrogens with zero attached hydrogens (tertiary/aromatic N) is 3. The molecule has 100 valence electrons. The van der Waals surface area contributed by atoms with Crippen molar-refractivity contribution in [3.8, 4) is 0 Å². The lowest BCUT2D eigenvalue weighted by molar-refractivity contribution is 0.724. The number of hydrogen-bond donors (Lipinski definition) is 1. The molecule has 0 saturated heterocycles. The summed E-state index contributed by atoms with van der Waals surface area (Å²) >= 11 is 6.17. The first-order chi connectivity index (χ1) is 9.31. The van der Waals surface area contributed by atoms with E-state index in [1.54, 1.807) is 6.20 Å². The second-order valence-electron chi connectivity index (χ2n) is 4.24. The van der Waals surface area contributed by atoms with Gasteiger partial charge in [-0.05, 0) is 18.5 Å². The van der Waals surface area contributed by atoms with E-state index in [9.17, 15) is 0 Å². The van der Waals surface area contributed by atoms with Gasteiger partial charge < -0.3 is 10.6 Å². The van der Waals surface area contributed by atoms with Gasteiger partial charge in [-0.2, -0.15) is 0 Å². The lowest BCUT2D eigenvalue weighted by atomic mass is 10.2. The largest absolute Gasteiger partial charge is 0.351 e. The fraction of sp³-hybridized carbons (Fsp3) is 0.286. The Morgan fingerprint density at radius 3 is 2.68 bits per heavy atom. The van der Waals surface area contributed by atoms with Crippen molar-refractivity contribution in [2.24, 2.45) is 5.73 Å². The summed E-state index contributed by atoms with van der Waals surface area (Å²) in [5.74, 6) is 0.758. The number of benzene rings is 1. The first kappa shape index (κ1) is 13.8. The van der Waals surface area contributed by atoms with Crippen LogP contribution in [-0.2, 0) is 6.54 Å². The Labute approximate surface area is 118 Å². The average Bonchev–Trinajstić information content (AvgIpc) is 2.45. The Balaban J connectivity index is 2.19. The summed E-state index contributed by atoms with van der Waals surface area (Å²) in [7, 11) is 0. The third-order valence-electron chi connectivity index (χ3n) is 2.80. The van der Waals surface area contributed by atoms with Crippen LogP contribution in [0.1, 0.15) is 12.0 Å². The number of rotatable bonds is 6. The standard InChI is InChI=1S/C14H17ClN4/c15-13-9-17-11-18-14(13)19(8-4-7-16)10-12-5-2-1-3-6-12/h1-3,5-6,9,11H,4,7-8,10,16H2. The molecule has 0 aliphatic heterocycles. The Kier molecular flexibility index (Phi) is 5.12. The molecule has 0 atom stereocenters. The molecule has 0 unspecified atom stereocenters. The molecular weight excluding hydrogens is 260 g/mol. The maximum absolute atomic E-state index is 6.17. The van der Waals surface area contributed by atoms with Gasteiger partial charge in [-0.25, -0.2) is 9.97 Å². The molecule has 4 nitrogen and oxygen atoms in total. The zero-order valence-corrected chi connectivity index (χ0v) is 11.4. The monoisotopic (exact) mass is 276 g/mol. The molecule has 0 aliphatic carbocycles. The third kappa shape index (κ3) is 3.91. The van der Waals surface area contributed by atoms with Crippen LogP contribution in [0.3, 0.4) is 0 Å². The van der Waals surface area contributed by atoms with Crippen LogP contribution in [0.5, 0.6) is 0 Å². The molecule has 2 N–H and O–H groups in total. The van der Waals surface area contributed by atoms with Crippen molar-refractivity contribution >= 4 is 17.4 Å². The lowest BCUT2D eigenvalue weighted by Gasteiger charge is -2.24. The first-order valence-corrected chi connectivity index (χ1v) is 6.63. The molecule has 0 saturated carbocycles. The summed E-state index contributed by atoms with van der Waals surface area (Å²) in [5.41, 5.74) is 6.81. The Morgan fingerprint density at radius 2 is 2.00 bits per heavy atom. The zero-order chi connectivity index (χ0) is 13.5. The highest BCUT2D eigenvalue weighted by Gasteiger charge is 2.12. The molecular formula is C14H17ClN4. The summed E-state index contributed by atoms with van der Waals surface area (Å²) in [4.78, 5) is 10.3. The molecule has 2 rings (SSSR count). The van der Waals surface area contributed by atoms with Crippen LogP contribution in [0.25, 0.3) is 0 Å². The number of nitrogens with two attached hydrogens (primary N) is 1. The van der Waals surface area contributed by atoms with Crippen molar-refractivity contribution in [1.82, 2.24) is 9.97 Å². The minimum absolute atomic E-state index is 0.565. The van der Waals surface area contributed by atoms with E-state index in [0.717, 1.165) is 25.3 Å². The van der Waals surface area contributed by atoms with Gasteiger partial charge in [-0.1, -0.05) is 41.9 Å². The fourth-order valence-electron chi connectivity index (χ4n) is 1.88. The SMILES string of the molecule is NCCCN(Cc1ccccc1)c1ncncc1Cl. The molecule has 1 aromatic carbocycles. The Morgan fingerprint density at radius 1 is 1.21 bits per heavy atom. The van der Waals surface area contributed by atoms with Crippen molar-refractivity contribution in [2.75, 3.05) is 18.0 Å². The van der Waals surface area contributed by atoms with Crippen LogP contribution in [-0.4, -0.2) is 23.1 Å². The van der Waals surface area contributed by atoms with Crippen LogP contribution in [0.15, 0.2) is 42.9 Å². The maximum atomic E-state index is 6.17. The molecule has 2 aromatic rings. The van der Waals surface area contributed by atoms with Gasteiger partial charge >= 0.3 is 0 Å². The molecule has 0 bridgehead atoms. The molecule has 1 aromatic heterocycles. The van der Waals surface area contributed by atoms with E-state index in [2.05, 4.69) is 27.0 Å². The molecule has 0 fully saturated rings. The number of aromatic nitrogens is 2. The molecule has 5 heteroatoms. The van der Waals surface area contributed by atoms with Crippen LogP contribution < -0.4 is 10.6 Å². The van der Waals surface area contributed by atoms with E-state index >= 15 is 0 Å². The van der Waals surface area contributed by atoms with Gasteiger partial charge in [0.15, 0.2) is 5.82 Å². The van der Waals surface area contributed by atoms with Gasteiger partial charge in [0.05, 0.1) is 6.20 Å². The highest BCUT2D eigenvalue weighted by atomic mass is 35.5. The Hall–Kier alpha value is -1.65. The quantitative estimate of drug-likeness (QED) is 0.881. The number of hydrogen-bond acceptors (Lipinski definition) is 4. The number of halogens is 1. The second-order valence-corrected chi connectivity index (χ2v) is 4.65. The minimum Gasteiger partial charge on any atom is -0.351 e. The van der Waals surface area contributed by atoms with Crippen molar-refractivity contribution in [2.45, 2.75) is 13.0 Å². The molecule has 1 heterocycles. The maximum Gasteiger partial charge on any atom is 0.151 e. The van der Waals surface area contributed by atoms with E-state index in [0.29, 0.717) is 11.6 Å². The van der Waals surface area contributed by atoms with Gasteiger partial charge in [-0.15, -0.1) is 0 Å². The Bertz CT molecular complexity index is 504. The van der Waals surface area contributed by atoms with Crippen LogP contribution in [0.2, 0.25) is 5.02 Å².